The van der Waals surface area contributed by atoms with Crippen molar-refractivity contribution in [2.75, 3.05) is 0 Å². The summed E-state index contributed by atoms with van der Waals surface area (Å²) in [6, 6.07) is 7.92. The minimum atomic E-state index is -0.00444. The van der Waals surface area contributed by atoms with Gasteiger partial charge >= 0.3 is 0 Å². The number of rotatable bonds is 3. The number of alkyl halides is 1. The number of carbonyl (C=O) groups excluding carboxylic acids is 1. The summed E-state index contributed by atoms with van der Waals surface area (Å²) in [5.74, 6) is -0.00444. The molecule has 18 heavy (non-hydrogen) atoms. The normalized spacial score (nSPS) is 23.7. The number of hydrogen-bond acceptors (Lipinski definition) is 1. The van der Waals surface area contributed by atoms with Gasteiger partial charge in [0.25, 0.3) is 5.91 Å². The fourth-order valence-electron chi connectivity index (χ4n) is 2.39. The number of nitrogens with one attached hydrogen (secondary N) is 1. The maximum absolute atomic E-state index is 12.1. The van der Waals surface area contributed by atoms with Crippen molar-refractivity contribution in [1.82, 2.24) is 5.32 Å². The molecule has 1 amide bonds. The summed E-state index contributed by atoms with van der Waals surface area (Å²) in [6.45, 7) is 2.11. The number of halogens is 1. The molecule has 0 bridgehead atoms. The third-order valence-electron chi connectivity index (χ3n) is 3.62. The van der Waals surface area contributed by atoms with E-state index in [2.05, 4.69) is 12.2 Å². The molecule has 0 heterocycles. The van der Waals surface area contributed by atoms with Gasteiger partial charge in [-0.15, -0.1) is 11.6 Å². The summed E-state index contributed by atoms with van der Waals surface area (Å²) < 4.78 is 0. The Morgan fingerprint density at radius 3 is 2.56 bits per heavy atom. The van der Waals surface area contributed by atoms with E-state index >= 15 is 0 Å². The molecule has 1 aromatic rings. The quantitative estimate of drug-likeness (QED) is 0.833. The predicted octanol–water partition coefficient (Wildman–Crippen LogP) is 3.53. The van der Waals surface area contributed by atoms with E-state index in [4.69, 9.17) is 11.6 Å². The molecule has 0 saturated heterocycles. The zero-order valence-electron chi connectivity index (χ0n) is 10.8. The van der Waals surface area contributed by atoms with E-state index in [-0.39, 0.29) is 17.3 Å². The Morgan fingerprint density at radius 2 is 1.94 bits per heavy atom. The molecule has 2 nitrogen and oxygen atoms in total. The van der Waals surface area contributed by atoms with Gasteiger partial charge in [-0.25, -0.2) is 0 Å². The highest BCUT2D eigenvalue weighted by Crippen LogP contribution is 2.23. The molecule has 0 aromatic heterocycles. The molecule has 1 aromatic carbocycles. The van der Waals surface area contributed by atoms with Crippen LogP contribution in [0.25, 0.3) is 0 Å². The number of amides is 1. The zero-order chi connectivity index (χ0) is 13.0. The van der Waals surface area contributed by atoms with Crippen molar-refractivity contribution in [2.45, 2.75) is 50.4 Å². The Hall–Kier alpha value is -1.02. The molecule has 3 heteroatoms. The van der Waals surface area contributed by atoms with Crippen LogP contribution in [0.1, 0.15) is 48.5 Å². The highest BCUT2D eigenvalue weighted by atomic mass is 35.5. The van der Waals surface area contributed by atoms with Crippen molar-refractivity contribution in [1.29, 1.82) is 0 Å². The van der Waals surface area contributed by atoms with E-state index < -0.39 is 0 Å². The maximum atomic E-state index is 12.1. The van der Waals surface area contributed by atoms with Gasteiger partial charge in [0, 0.05) is 11.6 Å². The molecule has 1 fully saturated rings. The Kier molecular flexibility index (Phi) is 4.65. The van der Waals surface area contributed by atoms with Crippen LogP contribution in [0.4, 0.5) is 0 Å². The van der Waals surface area contributed by atoms with Crippen LogP contribution in [0.15, 0.2) is 24.3 Å². The van der Waals surface area contributed by atoms with Gasteiger partial charge in [0.1, 0.15) is 0 Å². The van der Waals surface area contributed by atoms with E-state index in [1.807, 2.05) is 24.3 Å². The average molecular weight is 266 g/mol. The first-order valence-electron chi connectivity index (χ1n) is 6.74. The van der Waals surface area contributed by atoms with Gasteiger partial charge in [0.2, 0.25) is 0 Å². The number of carbonyl (C=O) groups is 1. The lowest BCUT2D eigenvalue weighted by Gasteiger charge is -2.27. The smallest absolute Gasteiger partial charge is 0.251 e. The molecule has 2 atom stereocenters. The Morgan fingerprint density at radius 1 is 1.28 bits per heavy atom. The molecule has 0 radical (unpaired) electrons. The molecule has 2 unspecified atom stereocenters. The Labute approximate surface area is 114 Å². The van der Waals surface area contributed by atoms with Crippen LogP contribution in [-0.4, -0.2) is 17.3 Å². The van der Waals surface area contributed by atoms with Gasteiger partial charge in [0.05, 0.1) is 5.38 Å². The van der Waals surface area contributed by atoms with Gasteiger partial charge in [-0.2, -0.15) is 0 Å². The summed E-state index contributed by atoms with van der Waals surface area (Å²) in [6.07, 6.45) is 5.32. The van der Waals surface area contributed by atoms with Crippen molar-refractivity contribution in [3.8, 4) is 0 Å². The van der Waals surface area contributed by atoms with E-state index in [1.165, 1.54) is 12.0 Å². The van der Waals surface area contributed by atoms with E-state index in [9.17, 15) is 4.79 Å². The van der Waals surface area contributed by atoms with Crippen molar-refractivity contribution in [2.24, 2.45) is 0 Å². The fourth-order valence-corrected chi connectivity index (χ4v) is 2.74. The molecular weight excluding hydrogens is 246 g/mol. The minimum absolute atomic E-state index is 0.00444. The number of hydrogen-bond donors (Lipinski definition) is 1. The van der Waals surface area contributed by atoms with Crippen molar-refractivity contribution < 1.29 is 4.79 Å². The lowest BCUT2D eigenvalue weighted by molar-refractivity contribution is 0.0928. The molecule has 1 aliphatic carbocycles. The standard InChI is InChI=1S/C15H20ClNO/c1-2-11-7-9-12(10-8-11)15(18)17-14-6-4-3-5-13(14)16/h7-10,13-14H,2-6H2,1H3,(H,17,18). The summed E-state index contributed by atoms with van der Waals surface area (Å²) in [5, 5.41) is 3.13. The van der Waals surface area contributed by atoms with Crippen molar-refractivity contribution in [3.63, 3.8) is 0 Å². The zero-order valence-corrected chi connectivity index (χ0v) is 11.5. The fraction of sp³-hybridized carbons (Fsp3) is 0.533. The maximum Gasteiger partial charge on any atom is 0.251 e. The van der Waals surface area contributed by atoms with Gasteiger partial charge in [-0.05, 0) is 37.0 Å². The van der Waals surface area contributed by atoms with Crippen LogP contribution < -0.4 is 5.32 Å². The first-order valence-corrected chi connectivity index (χ1v) is 7.18. The second-order valence-electron chi connectivity index (χ2n) is 4.93. The summed E-state index contributed by atoms with van der Waals surface area (Å²) in [5.41, 5.74) is 1.97. The van der Waals surface area contributed by atoms with E-state index in [1.54, 1.807) is 0 Å². The number of aryl methyl sites for hydroxylation is 1. The SMILES string of the molecule is CCc1ccc(C(=O)NC2CCCCC2Cl)cc1. The Balaban J connectivity index is 1.97. The van der Waals surface area contributed by atoms with Gasteiger partial charge in [-0.3, -0.25) is 4.79 Å². The highest BCUT2D eigenvalue weighted by Gasteiger charge is 2.24. The van der Waals surface area contributed by atoms with Crippen LogP contribution >= 0.6 is 11.6 Å². The summed E-state index contributed by atoms with van der Waals surface area (Å²) in [4.78, 5) is 12.1. The van der Waals surface area contributed by atoms with Crippen LogP contribution in [0.2, 0.25) is 0 Å². The third-order valence-corrected chi connectivity index (χ3v) is 4.14. The van der Waals surface area contributed by atoms with E-state index in [0.29, 0.717) is 0 Å². The predicted molar refractivity (Wildman–Crippen MR) is 75.2 cm³/mol. The summed E-state index contributed by atoms with van der Waals surface area (Å²) in [7, 11) is 0. The molecule has 1 N–H and O–H groups in total. The molecular formula is C15H20ClNO. The van der Waals surface area contributed by atoms with Crippen molar-refractivity contribution in [3.05, 3.63) is 35.4 Å². The second-order valence-corrected chi connectivity index (χ2v) is 5.49. The molecule has 1 aliphatic rings. The molecule has 0 aliphatic heterocycles. The van der Waals surface area contributed by atoms with Gasteiger partial charge in [0.15, 0.2) is 0 Å². The van der Waals surface area contributed by atoms with Gasteiger partial charge in [-0.1, -0.05) is 31.9 Å². The first-order chi connectivity index (χ1) is 8.70. The molecule has 98 valence electrons. The van der Waals surface area contributed by atoms with Gasteiger partial charge < -0.3 is 5.32 Å². The lowest BCUT2D eigenvalue weighted by Crippen LogP contribution is -2.42. The topological polar surface area (TPSA) is 29.1 Å². The number of benzene rings is 1. The largest absolute Gasteiger partial charge is 0.348 e. The summed E-state index contributed by atoms with van der Waals surface area (Å²) >= 11 is 6.25. The van der Waals surface area contributed by atoms with E-state index in [0.717, 1.165) is 31.2 Å². The van der Waals surface area contributed by atoms with Crippen LogP contribution in [0.5, 0.6) is 0 Å². The average Bonchev–Trinajstić information content (AvgIpc) is 2.41. The molecule has 1 saturated carbocycles. The first kappa shape index (κ1) is 13.4. The van der Waals surface area contributed by atoms with Crippen molar-refractivity contribution >= 4 is 17.5 Å². The minimum Gasteiger partial charge on any atom is -0.348 e. The van der Waals surface area contributed by atoms with Crippen LogP contribution in [0.3, 0.4) is 0 Å². The highest BCUT2D eigenvalue weighted by molar-refractivity contribution is 6.21. The van der Waals surface area contributed by atoms with Crippen LogP contribution in [-0.2, 0) is 6.42 Å². The third kappa shape index (κ3) is 3.26. The monoisotopic (exact) mass is 265 g/mol. The Bertz CT molecular complexity index is 401. The second kappa shape index (κ2) is 6.24. The molecule has 2 rings (SSSR count). The van der Waals surface area contributed by atoms with Crippen LogP contribution in [0, 0.1) is 0 Å². The lowest BCUT2D eigenvalue weighted by atomic mass is 9.94. The molecule has 0 spiro atoms.